The second-order valence-electron chi connectivity index (χ2n) is 2.70. The highest BCUT2D eigenvalue weighted by molar-refractivity contribution is 6.41. The van der Waals surface area contributed by atoms with Gasteiger partial charge in [-0.25, -0.2) is 5.48 Å². The van der Waals surface area contributed by atoms with Crippen LogP contribution in [-0.4, -0.2) is 22.0 Å². The number of hydrogen-bond acceptors (Lipinski definition) is 4. The lowest BCUT2D eigenvalue weighted by molar-refractivity contribution is -0.140. The predicted molar refractivity (Wildman–Crippen MR) is 52.0 cm³/mol. The summed E-state index contributed by atoms with van der Waals surface area (Å²) in [4.78, 5) is 21.6. The van der Waals surface area contributed by atoms with Crippen molar-refractivity contribution in [2.75, 3.05) is 0 Å². The maximum atomic E-state index is 10.9. The lowest BCUT2D eigenvalue weighted by atomic mass is 10.1. The molecule has 15 heavy (non-hydrogen) atoms. The molecule has 78 valence electrons. The van der Waals surface area contributed by atoms with Gasteiger partial charge in [0.1, 0.15) is 5.76 Å². The molecule has 0 atom stereocenters. The first-order valence-electron chi connectivity index (χ1n) is 4.09. The van der Waals surface area contributed by atoms with Crippen LogP contribution in [-0.2, 0) is 9.59 Å². The van der Waals surface area contributed by atoms with Crippen molar-refractivity contribution in [2.45, 2.75) is 0 Å². The molecule has 0 saturated carbocycles. The van der Waals surface area contributed by atoms with Crippen molar-refractivity contribution in [3.8, 4) is 0 Å². The number of amides is 1. The maximum absolute atomic E-state index is 10.9. The average Bonchev–Trinajstić information content (AvgIpc) is 2.29. The van der Waals surface area contributed by atoms with Crippen LogP contribution < -0.4 is 5.48 Å². The summed E-state index contributed by atoms with van der Waals surface area (Å²) in [6.07, 6.45) is 0.737. The van der Waals surface area contributed by atoms with E-state index in [2.05, 4.69) is 0 Å². The lowest BCUT2D eigenvalue weighted by Gasteiger charge is -1.98. The Kier molecular flexibility index (Phi) is 3.59. The maximum Gasteiger partial charge on any atom is 0.315 e. The van der Waals surface area contributed by atoms with Gasteiger partial charge in [-0.3, -0.25) is 14.8 Å². The summed E-state index contributed by atoms with van der Waals surface area (Å²) in [5.74, 6) is -2.56. The summed E-state index contributed by atoms with van der Waals surface area (Å²) in [5.41, 5.74) is 1.59. The number of nitrogens with one attached hydrogen (secondary N) is 1. The van der Waals surface area contributed by atoms with Crippen molar-refractivity contribution in [2.24, 2.45) is 0 Å². The largest absolute Gasteiger partial charge is 0.507 e. The van der Waals surface area contributed by atoms with Crippen LogP contribution in [0.3, 0.4) is 0 Å². The molecule has 0 aliphatic rings. The highest BCUT2D eigenvalue weighted by atomic mass is 16.5. The number of aliphatic hydroxyl groups is 1. The number of aliphatic hydroxyl groups excluding tert-OH is 1. The fourth-order valence-electron chi connectivity index (χ4n) is 0.937. The number of benzene rings is 1. The molecule has 0 spiro atoms. The normalized spacial score (nSPS) is 10.9. The third-order valence-electron chi connectivity index (χ3n) is 1.66. The topological polar surface area (TPSA) is 86.6 Å². The van der Waals surface area contributed by atoms with Gasteiger partial charge in [-0.05, 0) is 0 Å². The quantitative estimate of drug-likeness (QED) is 0.223. The van der Waals surface area contributed by atoms with Crippen LogP contribution in [0.25, 0.3) is 5.76 Å². The minimum absolute atomic E-state index is 0.329. The van der Waals surface area contributed by atoms with Crippen LogP contribution in [0.15, 0.2) is 36.4 Å². The second-order valence-corrected chi connectivity index (χ2v) is 2.70. The molecule has 0 aliphatic heterocycles. The van der Waals surface area contributed by atoms with Gasteiger partial charge in [0.15, 0.2) is 0 Å². The summed E-state index contributed by atoms with van der Waals surface area (Å²) in [5, 5.41) is 17.6. The van der Waals surface area contributed by atoms with Crippen LogP contribution in [0.1, 0.15) is 5.56 Å². The number of hydrogen-bond donors (Lipinski definition) is 3. The Balaban J connectivity index is 2.86. The fourth-order valence-corrected chi connectivity index (χ4v) is 0.937. The van der Waals surface area contributed by atoms with Crippen molar-refractivity contribution in [1.82, 2.24) is 5.48 Å². The first kappa shape index (κ1) is 10.9. The molecule has 1 amide bonds. The van der Waals surface area contributed by atoms with E-state index in [0.29, 0.717) is 5.56 Å². The molecule has 1 aromatic carbocycles. The molecule has 0 radical (unpaired) electrons. The fraction of sp³-hybridized carbons (Fsp3) is 0. The molecular formula is C10H9NO4. The van der Waals surface area contributed by atoms with Gasteiger partial charge < -0.3 is 5.11 Å². The molecule has 3 N–H and O–H groups in total. The third-order valence-corrected chi connectivity index (χ3v) is 1.66. The van der Waals surface area contributed by atoms with Crippen molar-refractivity contribution in [3.63, 3.8) is 0 Å². The molecular weight excluding hydrogens is 198 g/mol. The number of carbonyl (C=O) groups is 2. The van der Waals surface area contributed by atoms with Crippen LogP contribution in [0, 0.1) is 0 Å². The van der Waals surface area contributed by atoms with E-state index < -0.39 is 11.7 Å². The summed E-state index contributed by atoms with van der Waals surface area (Å²) < 4.78 is 0. The number of hydroxylamine groups is 1. The van der Waals surface area contributed by atoms with Gasteiger partial charge in [0.25, 0.3) is 0 Å². The zero-order valence-electron chi connectivity index (χ0n) is 7.68. The monoisotopic (exact) mass is 207 g/mol. The van der Waals surface area contributed by atoms with E-state index in [4.69, 9.17) is 5.21 Å². The van der Waals surface area contributed by atoms with E-state index >= 15 is 0 Å². The molecule has 0 aromatic heterocycles. The third kappa shape index (κ3) is 2.92. The van der Waals surface area contributed by atoms with E-state index in [0.717, 1.165) is 6.08 Å². The van der Waals surface area contributed by atoms with Crippen molar-refractivity contribution in [1.29, 1.82) is 0 Å². The van der Waals surface area contributed by atoms with Gasteiger partial charge in [-0.2, -0.15) is 0 Å². The molecule has 0 bridgehead atoms. The minimum atomic E-state index is -1.20. The first-order valence-corrected chi connectivity index (χ1v) is 4.09. The van der Waals surface area contributed by atoms with E-state index in [1.807, 2.05) is 0 Å². The van der Waals surface area contributed by atoms with E-state index in [-0.39, 0.29) is 5.76 Å². The first-order chi connectivity index (χ1) is 7.15. The lowest BCUT2D eigenvalue weighted by Crippen LogP contribution is -2.26. The van der Waals surface area contributed by atoms with Crippen LogP contribution in [0.2, 0.25) is 0 Å². The number of rotatable bonds is 3. The highest BCUT2D eigenvalue weighted by Crippen LogP contribution is 2.09. The van der Waals surface area contributed by atoms with Gasteiger partial charge >= 0.3 is 5.91 Å². The molecule has 5 nitrogen and oxygen atoms in total. The Morgan fingerprint density at radius 3 is 2.33 bits per heavy atom. The van der Waals surface area contributed by atoms with Gasteiger partial charge in [0, 0.05) is 11.6 Å². The zero-order chi connectivity index (χ0) is 11.3. The molecule has 0 saturated heterocycles. The minimum Gasteiger partial charge on any atom is -0.507 e. The smallest absolute Gasteiger partial charge is 0.315 e. The Labute approximate surface area is 85.6 Å². The Morgan fingerprint density at radius 2 is 1.80 bits per heavy atom. The van der Waals surface area contributed by atoms with Crippen LogP contribution in [0.4, 0.5) is 0 Å². The van der Waals surface area contributed by atoms with Gasteiger partial charge in [-0.15, -0.1) is 0 Å². The summed E-state index contributed by atoms with van der Waals surface area (Å²) in [6.45, 7) is 0. The SMILES string of the molecule is O=C(C=C(O)c1ccccc1)C(=O)NO. The molecule has 0 unspecified atom stereocenters. The number of carbonyl (C=O) groups excluding carboxylic acids is 2. The summed E-state index contributed by atoms with van der Waals surface area (Å²) >= 11 is 0. The molecule has 0 aliphatic carbocycles. The Hall–Kier alpha value is -2.14. The summed E-state index contributed by atoms with van der Waals surface area (Å²) in [6, 6.07) is 8.26. The second kappa shape index (κ2) is 4.92. The predicted octanol–water partition coefficient (Wildman–Crippen LogP) is 0.660. The molecule has 1 aromatic rings. The van der Waals surface area contributed by atoms with E-state index in [1.165, 1.54) is 5.48 Å². The van der Waals surface area contributed by atoms with Crippen molar-refractivity contribution in [3.05, 3.63) is 42.0 Å². The standard InChI is InChI=1S/C10H9NO4/c12-8(6-9(13)10(14)11-15)7-4-2-1-3-5-7/h1-6,12,15H,(H,11,14). The zero-order valence-corrected chi connectivity index (χ0v) is 7.68. The van der Waals surface area contributed by atoms with Gasteiger partial charge in [0.05, 0.1) is 0 Å². The molecule has 1 rings (SSSR count). The van der Waals surface area contributed by atoms with Crippen LogP contribution >= 0.6 is 0 Å². The van der Waals surface area contributed by atoms with Crippen molar-refractivity contribution >= 4 is 17.4 Å². The van der Waals surface area contributed by atoms with E-state index in [1.54, 1.807) is 30.3 Å². The number of ketones is 1. The molecule has 0 heterocycles. The Bertz CT molecular complexity index is 397. The van der Waals surface area contributed by atoms with Crippen molar-refractivity contribution < 1.29 is 19.9 Å². The van der Waals surface area contributed by atoms with Crippen LogP contribution in [0.5, 0.6) is 0 Å². The molecule has 5 heteroatoms. The summed E-state index contributed by atoms with van der Waals surface area (Å²) in [7, 11) is 0. The van der Waals surface area contributed by atoms with E-state index in [9.17, 15) is 14.7 Å². The van der Waals surface area contributed by atoms with Gasteiger partial charge in [0.2, 0.25) is 5.78 Å². The van der Waals surface area contributed by atoms with Gasteiger partial charge in [-0.1, -0.05) is 30.3 Å². The molecule has 0 fully saturated rings. The highest BCUT2D eigenvalue weighted by Gasteiger charge is 2.11. The average molecular weight is 207 g/mol. The Morgan fingerprint density at radius 1 is 1.20 bits per heavy atom.